The minimum absolute atomic E-state index is 0.516. The first kappa shape index (κ1) is 19.3. The van der Waals surface area contributed by atoms with E-state index < -0.39 is 0 Å². The number of morpholine rings is 1. The van der Waals surface area contributed by atoms with Gasteiger partial charge in [0.25, 0.3) is 0 Å². The first-order valence-electron chi connectivity index (χ1n) is 10.5. The largest absolute Gasteiger partial charge is 0.378 e. The van der Waals surface area contributed by atoms with Gasteiger partial charge in [-0.15, -0.1) is 0 Å². The van der Waals surface area contributed by atoms with Gasteiger partial charge in [-0.1, -0.05) is 35.9 Å². The highest BCUT2D eigenvalue weighted by Gasteiger charge is 2.17. The predicted octanol–water partition coefficient (Wildman–Crippen LogP) is 3.85. The van der Waals surface area contributed by atoms with Crippen molar-refractivity contribution in [3.8, 4) is 0 Å². The number of benzene rings is 2. The van der Waals surface area contributed by atoms with Gasteiger partial charge in [0.2, 0.25) is 17.8 Å². The van der Waals surface area contributed by atoms with Gasteiger partial charge >= 0.3 is 0 Å². The number of nitrogens with zero attached hydrogens (tertiary/aromatic N) is 4. The van der Waals surface area contributed by atoms with Crippen molar-refractivity contribution in [3.05, 3.63) is 65.9 Å². The average molecular weight is 416 g/mol. The maximum absolute atomic E-state index is 5.48. The molecule has 0 atom stereocenters. The molecule has 8 heteroatoms. The second kappa shape index (κ2) is 8.61. The molecule has 1 fully saturated rings. The second-order valence-electron chi connectivity index (χ2n) is 7.59. The van der Waals surface area contributed by atoms with Crippen LogP contribution in [-0.2, 0) is 11.3 Å². The summed E-state index contributed by atoms with van der Waals surface area (Å²) in [4.78, 5) is 19.4. The summed E-state index contributed by atoms with van der Waals surface area (Å²) in [5.41, 5.74) is 4.42. The molecular weight excluding hydrogens is 390 g/mol. The average Bonchev–Trinajstić information content (AvgIpc) is 3.23. The molecule has 1 saturated heterocycles. The number of fused-ring (bicyclic) bond motifs is 1. The van der Waals surface area contributed by atoms with Crippen LogP contribution in [0.1, 0.15) is 11.1 Å². The predicted molar refractivity (Wildman–Crippen MR) is 123 cm³/mol. The topological polar surface area (TPSA) is 91.0 Å². The van der Waals surface area contributed by atoms with Gasteiger partial charge in [0.1, 0.15) is 0 Å². The van der Waals surface area contributed by atoms with Gasteiger partial charge < -0.3 is 25.3 Å². The van der Waals surface area contributed by atoms with E-state index in [1.807, 2.05) is 30.5 Å². The standard InChI is InChI=1S/C23H25N7O/c1-16-6-8-18(9-7-16)26-22-27-21(28-23(29-22)30-10-12-31-13-11-30)25-15-17-14-24-20-5-3-2-4-19(17)20/h2-9,14,24H,10-13,15H2,1H3,(H2,25,26,27,28,29). The molecule has 0 bridgehead atoms. The maximum atomic E-state index is 5.48. The molecule has 2 aromatic heterocycles. The van der Waals surface area contributed by atoms with Crippen molar-refractivity contribution in [3.63, 3.8) is 0 Å². The normalized spacial score (nSPS) is 14.0. The van der Waals surface area contributed by atoms with Crippen LogP contribution >= 0.6 is 0 Å². The number of anilines is 4. The summed E-state index contributed by atoms with van der Waals surface area (Å²) in [6.07, 6.45) is 2.02. The monoisotopic (exact) mass is 415 g/mol. The number of H-pyrrole nitrogens is 1. The molecule has 1 aliphatic heterocycles. The van der Waals surface area contributed by atoms with E-state index in [9.17, 15) is 0 Å². The number of para-hydroxylation sites is 1. The smallest absolute Gasteiger partial charge is 0.233 e. The fourth-order valence-corrected chi connectivity index (χ4v) is 3.62. The zero-order valence-corrected chi connectivity index (χ0v) is 17.4. The number of hydrogen-bond acceptors (Lipinski definition) is 7. The van der Waals surface area contributed by atoms with Crippen LogP contribution < -0.4 is 15.5 Å². The van der Waals surface area contributed by atoms with Crippen molar-refractivity contribution in [2.75, 3.05) is 41.8 Å². The first-order valence-corrected chi connectivity index (χ1v) is 10.5. The van der Waals surface area contributed by atoms with Gasteiger partial charge in [0, 0.05) is 42.4 Å². The highest BCUT2D eigenvalue weighted by atomic mass is 16.5. The van der Waals surface area contributed by atoms with E-state index in [0.29, 0.717) is 37.6 Å². The number of ether oxygens (including phenoxy) is 1. The molecule has 0 unspecified atom stereocenters. The van der Waals surface area contributed by atoms with E-state index in [2.05, 4.69) is 66.7 Å². The molecule has 31 heavy (non-hydrogen) atoms. The molecule has 0 aliphatic carbocycles. The summed E-state index contributed by atoms with van der Waals surface area (Å²) < 4.78 is 5.48. The third-order valence-corrected chi connectivity index (χ3v) is 5.34. The Balaban J connectivity index is 1.41. The van der Waals surface area contributed by atoms with Crippen molar-refractivity contribution in [1.29, 1.82) is 0 Å². The molecule has 3 N–H and O–H groups in total. The van der Waals surface area contributed by atoms with Crippen LogP contribution in [0.2, 0.25) is 0 Å². The van der Waals surface area contributed by atoms with Crippen LogP contribution in [0.3, 0.4) is 0 Å². The third-order valence-electron chi connectivity index (χ3n) is 5.34. The first-order chi connectivity index (χ1) is 15.2. The number of hydrogen-bond donors (Lipinski definition) is 3. The molecular formula is C23H25N7O. The Morgan fingerprint density at radius 1 is 0.968 bits per heavy atom. The Kier molecular flexibility index (Phi) is 5.37. The number of aryl methyl sites for hydroxylation is 1. The Morgan fingerprint density at radius 2 is 1.74 bits per heavy atom. The summed E-state index contributed by atoms with van der Waals surface area (Å²) >= 11 is 0. The lowest BCUT2D eigenvalue weighted by molar-refractivity contribution is 0.122. The van der Waals surface area contributed by atoms with Gasteiger partial charge in [0.05, 0.1) is 13.2 Å². The molecule has 8 nitrogen and oxygen atoms in total. The van der Waals surface area contributed by atoms with Crippen molar-refractivity contribution < 1.29 is 4.74 Å². The van der Waals surface area contributed by atoms with E-state index in [-0.39, 0.29) is 0 Å². The molecule has 0 saturated carbocycles. The van der Waals surface area contributed by atoms with Crippen LogP contribution in [0.5, 0.6) is 0 Å². The maximum Gasteiger partial charge on any atom is 0.233 e. The summed E-state index contributed by atoms with van der Waals surface area (Å²) in [7, 11) is 0. The lowest BCUT2D eigenvalue weighted by atomic mass is 10.2. The summed E-state index contributed by atoms with van der Waals surface area (Å²) in [5.74, 6) is 1.70. The van der Waals surface area contributed by atoms with Crippen LogP contribution in [0.4, 0.5) is 23.5 Å². The summed E-state index contributed by atoms with van der Waals surface area (Å²) in [6.45, 7) is 5.54. The Morgan fingerprint density at radius 3 is 2.58 bits per heavy atom. The van der Waals surface area contributed by atoms with Crippen molar-refractivity contribution in [1.82, 2.24) is 19.9 Å². The number of aromatic nitrogens is 4. The van der Waals surface area contributed by atoms with E-state index in [1.54, 1.807) is 0 Å². The van der Waals surface area contributed by atoms with Crippen LogP contribution in [0.25, 0.3) is 10.9 Å². The van der Waals surface area contributed by atoms with Gasteiger partial charge in [-0.2, -0.15) is 15.0 Å². The summed E-state index contributed by atoms with van der Waals surface area (Å²) in [5, 5.41) is 7.87. The van der Waals surface area contributed by atoms with Gasteiger partial charge in [-0.05, 0) is 30.7 Å². The summed E-state index contributed by atoms with van der Waals surface area (Å²) in [6, 6.07) is 16.4. The Labute approximate surface area is 180 Å². The fraction of sp³-hybridized carbons (Fsp3) is 0.261. The molecule has 4 aromatic rings. The third kappa shape index (κ3) is 4.44. The Bertz CT molecular complexity index is 1170. The van der Waals surface area contributed by atoms with Gasteiger partial charge in [-0.3, -0.25) is 0 Å². The van der Waals surface area contributed by atoms with Gasteiger partial charge in [0.15, 0.2) is 0 Å². The van der Waals surface area contributed by atoms with E-state index in [1.165, 1.54) is 10.9 Å². The number of aromatic amines is 1. The zero-order chi connectivity index (χ0) is 21.0. The molecule has 0 spiro atoms. The zero-order valence-electron chi connectivity index (χ0n) is 17.4. The van der Waals surface area contributed by atoms with Crippen LogP contribution in [-0.4, -0.2) is 46.2 Å². The highest BCUT2D eigenvalue weighted by molar-refractivity contribution is 5.83. The Hall–Kier alpha value is -3.65. The molecule has 3 heterocycles. The molecule has 2 aromatic carbocycles. The molecule has 1 aliphatic rings. The number of rotatable bonds is 6. The van der Waals surface area contributed by atoms with Gasteiger partial charge in [-0.25, -0.2) is 0 Å². The SMILES string of the molecule is Cc1ccc(Nc2nc(NCc3c[nH]c4ccccc34)nc(N3CCOCC3)n2)cc1. The fourth-order valence-electron chi connectivity index (χ4n) is 3.62. The van der Waals surface area contributed by atoms with E-state index >= 15 is 0 Å². The van der Waals surface area contributed by atoms with Crippen molar-refractivity contribution in [2.24, 2.45) is 0 Å². The molecule has 0 radical (unpaired) electrons. The van der Waals surface area contributed by atoms with Crippen molar-refractivity contribution in [2.45, 2.75) is 13.5 Å². The highest BCUT2D eigenvalue weighted by Crippen LogP contribution is 2.21. The second-order valence-corrected chi connectivity index (χ2v) is 7.59. The van der Waals surface area contributed by atoms with E-state index in [0.717, 1.165) is 29.9 Å². The minimum atomic E-state index is 0.516. The van der Waals surface area contributed by atoms with Crippen LogP contribution in [0, 0.1) is 6.92 Å². The number of nitrogens with one attached hydrogen (secondary N) is 3. The molecule has 0 amide bonds. The lowest BCUT2D eigenvalue weighted by Gasteiger charge is -2.27. The minimum Gasteiger partial charge on any atom is -0.378 e. The quantitative estimate of drug-likeness (QED) is 0.441. The molecule has 5 rings (SSSR count). The van der Waals surface area contributed by atoms with Crippen LogP contribution in [0.15, 0.2) is 54.7 Å². The van der Waals surface area contributed by atoms with E-state index in [4.69, 9.17) is 4.74 Å². The van der Waals surface area contributed by atoms with Crippen molar-refractivity contribution >= 4 is 34.4 Å². The molecule has 158 valence electrons. The lowest BCUT2D eigenvalue weighted by Crippen LogP contribution is -2.37.